The second-order valence-electron chi connectivity index (χ2n) is 5.36. The van der Waals surface area contributed by atoms with Gasteiger partial charge in [-0.25, -0.2) is 5.43 Å². The molecule has 0 spiro atoms. The average molecular weight is 321 g/mol. The van der Waals surface area contributed by atoms with Gasteiger partial charge >= 0.3 is 0 Å². The molecule has 0 unspecified atom stereocenters. The molecule has 0 aliphatic heterocycles. The van der Waals surface area contributed by atoms with Crippen LogP contribution in [0, 0.1) is 6.92 Å². The quantitative estimate of drug-likeness (QED) is 0.510. The molecule has 3 aromatic rings. The minimum absolute atomic E-state index is 0.109. The minimum atomic E-state index is -0.558. The number of carbonyl (C=O) groups excluding carboxylic acids is 1. The van der Waals surface area contributed by atoms with Gasteiger partial charge in [-0.2, -0.15) is 5.10 Å². The van der Waals surface area contributed by atoms with Gasteiger partial charge in [0, 0.05) is 5.52 Å². The van der Waals surface area contributed by atoms with Gasteiger partial charge in [-0.05, 0) is 42.6 Å². The molecule has 1 aromatic heterocycles. The molecule has 6 nitrogen and oxygen atoms in total. The van der Waals surface area contributed by atoms with Crippen LogP contribution >= 0.6 is 0 Å². The van der Waals surface area contributed by atoms with Gasteiger partial charge in [0.15, 0.2) is 0 Å². The number of benzene rings is 2. The van der Waals surface area contributed by atoms with Crippen LogP contribution in [0.5, 0.6) is 5.75 Å². The maximum atomic E-state index is 12.0. The highest BCUT2D eigenvalue weighted by atomic mass is 16.3. The van der Waals surface area contributed by atoms with Gasteiger partial charge in [0.25, 0.3) is 11.5 Å². The Balaban J connectivity index is 1.83. The first kappa shape index (κ1) is 15.5. The predicted molar refractivity (Wildman–Crippen MR) is 92.5 cm³/mol. The Morgan fingerprint density at radius 3 is 2.79 bits per heavy atom. The number of aromatic amines is 1. The summed E-state index contributed by atoms with van der Waals surface area (Å²) in [6, 6.07) is 13.5. The van der Waals surface area contributed by atoms with E-state index in [4.69, 9.17) is 0 Å². The van der Waals surface area contributed by atoms with E-state index in [1.54, 1.807) is 18.2 Å². The van der Waals surface area contributed by atoms with Crippen molar-refractivity contribution >= 4 is 23.0 Å². The van der Waals surface area contributed by atoms with Gasteiger partial charge in [0.2, 0.25) is 0 Å². The molecule has 0 saturated heterocycles. The molecule has 0 radical (unpaired) electrons. The van der Waals surface area contributed by atoms with Crippen molar-refractivity contribution < 1.29 is 9.90 Å². The highest BCUT2D eigenvalue weighted by Crippen LogP contribution is 2.15. The van der Waals surface area contributed by atoms with Crippen LogP contribution in [0.4, 0.5) is 0 Å². The molecule has 120 valence electrons. The maximum Gasteiger partial charge on any atom is 0.275 e. The third-order valence-electron chi connectivity index (χ3n) is 3.55. The SMILES string of the molecule is Cc1ccc2[nH]c(=O)c(/C=N/NC(=O)c3ccccc3O)cc2c1. The van der Waals surface area contributed by atoms with Crippen LogP contribution in [0.25, 0.3) is 10.9 Å². The van der Waals surface area contributed by atoms with Gasteiger partial charge < -0.3 is 10.1 Å². The molecule has 6 heteroatoms. The lowest BCUT2D eigenvalue weighted by molar-refractivity contribution is 0.0952. The highest BCUT2D eigenvalue weighted by Gasteiger charge is 2.08. The lowest BCUT2D eigenvalue weighted by atomic mass is 10.1. The number of nitrogens with one attached hydrogen (secondary N) is 2. The summed E-state index contributed by atoms with van der Waals surface area (Å²) in [4.78, 5) is 26.7. The van der Waals surface area contributed by atoms with E-state index in [-0.39, 0.29) is 16.9 Å². The second-order valence-corrected chi connectivity index (χ2v) is 5.36. The third kappa shape index (κ3) is 3.17. The van der Waals surface area contributed by atoms with Crippen molar-refractivity contribution in [2.45, 2.75) is 6.92 Å². The molecule has 24 heavy (non-hydrogen) atoms. The van der Waals surface area contributed by atoms with Crippen molar-refractivity contribution in [3.8, 4) is 5.75 Å². The number of carbonyl (C=O) groups is 1. The molecule has 3 N–H and O–H groups in total. The van der Waals surface area contributed by atoms with Crippen LogP contribution in [0.1, 0.15) is 21.5 Å². The normalized spacial score (nSPS) is 11.0. The Bertz CT molecular complexity index is 1010. The molecule has 1 heterocycles. The number of para-hydroxylation sites is 1. The van der Waals surface area contributed by atoms with Crippen molar-refractivity contribution in [2.24, 2.45) is 5.10 Å². The first-order valence-corrected chi connectivity index (χ1v) is 7.30. The van der Waals surface area contributed by atoms with Crippen molar-refractivity contribution in [1.29, 1.82) is 0 Å². The summed E-state index contributed by atoms with van der Waals surface area (Å²) in [6.45, 7) is 1.96. The second kappa shape index (κ2) is 6.37. The molecule has 0 fully saturated rings. The fourth-order valence-corrected chi connectivity index (χ4v) is 2.33. The van der Waals surface area contributed by atoms with Gasteiger partial charge in [-0.15, -0.1) is 0 Å². The van der Waals surface area contributed by atoms with E-state index in [0.717, 1.165) is 16.5 Å². The van der Waals surface area contributed by atoms with E-state index in [0.29, 0.717) is 5.56 Å². The number of aromatic nitrogens is 1. The number of amides is 1. The Kier molecular flexibility index (Phi) is 4.11. The monoisotopic (exact) mass is 321 g/mol. The fraction of sp³-hybridized carbons (Fsp3) is 0.0556. The lowest BCUT2D eigenvalue weighted by Crippen LogP contribution is -2.19. The summed E-state index contributed by atoms with van der Waals surface area (Å²) in [5, 5.41) is 14.3. The van der Waals surface area contributed by atoms with Crippen molar-refractivity contribution in [1.82, 2.24) is 10.4 Å². The number of phenols is 1. The van der Waals surface area contributed by atoms with E-state index in [2.05, 4.69) is 15.5 Å². The molecular formula is C18H15N3O3. The van der Waals surface area contributed by atoms with E-state index in [1.807, 2.05) is 25.1 Å². The molecule has 2 aromatic carbocycles. The van der Waals surface area contributed by atoms with Crippen LogP contribution in [0.2, 0.25) is 0 Å². The maximum absolute atomic E-state index is 12.0. The molecule has 0 bridgehead atoms. The average Bonchev–Trinajstić information content (AvgIpc) is 2.56. The predicted octanol–water partition coefficient (Wildman–Crippen LogP) is 2.31. The van der Waals surface area contributed by atoms with Crippen molar-refractivity contribution in [3.05, 3.63) is 75.6 Å². The van der Waals surface area contributed by atoms with E-state index < -0.39 is 5.91 Å². The zero-order chi connectivity index (χ0) is 17.1. The number of aromatic hydroxyl groups is 1. The first-order chi connectivity index (χ1) is 11.5. The van der Waals surface area contributed by atoms with Gasteiger partial charge in [0.1, 0.15) is 5.75 Å². The van der Waals surface area contributed by atoms with E-state index in [9.17, 15) is 14.7 Å². The molecule has 0 aliphatic rings. The van der Waals surface area contributed by atoms with Crippen LogP contribution in [0.3, 0.4) is 0 Å². The Labute approximate surface area is 137 Å². The first-order valence-electron chi connectivity index (χ1n) is 7.30. The highest BCUT2D eigenvalue weighted by molar-refractivity contribution is 5.97. The van der Waals surface area contributed by atoms with Gasteiger partial charge in [-0.1, -0.05) is 23.8 Å². The minimum Gasteiger partial charge on any atom is -0.507 e. The summed E-state index contributed by atoms with van der Waals surface area (Å²) in [7, 11) is 0. The molecule has 3 rings (SSSR count). The zero-order valence-electron chi connectivity index (χ0n) is 12.9. The van der Waals surface area contributed by atoms with E-state index in [1.165, 1.54) is 18.3 Å². The van der Waals surface area contributed by atoms with Crippen molar-refractivity contribution in [3.63, 3.8) is 0 Å². The summed E-state index contributed by atoms with van der Waals surface area (Å²) in [5.74, 6) is -0.693. The molecule has 0 atom stereocenters. The number of rotatable bonds is 3. The lowest BCUT2D eigenvalue weighted by Gasteiger charge is -2.02. The van der Waals surface area contributed by atoms with Crippen LogP contribution < -0.4 is 11.0 Å². The summed E-state index contributed by atoms with van der Waals surface area (Å²) in [5.41, 5.74) is 4.24. The summed E-state index contributed by atoms with van der Waals surface area (Å²) in [6.07, 6.45) is 1.28. The molecule has 1 amide bonds. The number of pyridine rings is 1. The van der Waals surface area contributed by atoms with Crippen LogP contribution in [-0.2, 0) is 0 Å². The largest absolute Gasteiger partial charge is 0.507 e. The van der Waals surface area contributed by atoms with Gasteiger partial charge in [-0.3, -0.25) is 9.59 Å². The number of hydrogen-bond donors (Lipinski definition) is 3. The van der Waals surface area contributed by atoms with E-state index >= 15 is 0 Å². The molecule has 0 aliphatic carbocycles. The topological polar surface area (TPSA) is 94.5 Å². The summed E-state index contributed by atoms with van der Waals surface area (Å²) < 4.78 is 0. The Morgan fingerprint density at radius 1 is 1.21 bits per heavy atom. The van der Waals surface area contributed by atoms with Crippen LogP contribution in [-0.4, -0.2) is 22.2 Å². The Morgan fingerprint density at radius 2 is 2.00 bits per heavy atom. The zero-order valence-corrected chi connectivity index (χ0v) is 12.9. The van der Waals surface area contributed by atoms with Crippen molar-refractivity contribution in [2.75, 3.05) is 0 Å². The fourth-order valence-electron chi connectivity index (χ4n) is 2.33. The number of phenolic OH excluding ortho intramolecular Hbond substituents is 1. The number of aryl methyl sites for hydroxylation is 1. The third-order valence-corrected chi connectivity index (χ3v) is 3.55. The Hall–Kier alpha value is -3.41. The number of H-pyrrole nitrogens is 1. The molecular weight excluding hydrogens is 306 g/mol. The van der Waals surface area contributed by atoms with Gasteiger partial charge in [0.05, 0.1) is 17.3 Å². The molecule has 0 saturated carbocycles. The van der Waals surface area contributed by atoms with Crippen LogP contribution in [0.15, 0.2) is 58.4 Å². The smallest absolute Gasteiger partial charge is 0.275 e. The standard InChI is InChI=1S/C18H15N3O3/c1-11-6-7-15-12(8-11)9-13(17(23)20-15)10-19-21-18(24)14-4-2-3-5-16(14)22/h2-10,22H,1H3,(H,20,23)(H,21,24)/b19-10+. The number of hydrazone groups is 1. The number of hydrogen-bond acceptors (Lipinski definition) is 4. The summed E-state index contributed by atoms with van der Waals surface area (Å²) >= 11 is 0. The number of fused-ring (bicyclic) bond motifs is 1. The number of nitrogens with zero attached hydrogens (tertiary/aromatic N) is 1.